The molecular formula is C22H27ClFN7O4S. The van der Waals surface area contributed by atoms with Gasteiger partial charge in [-0.05, 0) is 39.0 Å². The van der Waals surface area contributed by atoms with E-state index in [1.165, 1.54) is 19.4 Å². The lowest BCUT2D eigenvalue weighted by Crippen LogP contribution is -2.37. The molecule has 3 aromatic rings. The summed E-state index contributed by atoms with van der Waals surface area (Å²) in [4.78, 5) is 20.0. The molecule has 0 aliphatic carbocycles. The first kappa shape index (κ1) is 23.0. The van der Waals surface area contributed by atoms with E-state index >= 15 is 4.39 Å². The number of carbonyl (C=O) groups is 1. The Hall–Kier alpha value is -3.45. The Kier molecular flexibility index (Phi) is 7.07. The second kappa shape index (κ2) is 11.1. The molecule has 0 saturated heterocycles. The van der Waals surface area contributed by atoms with Gasteiger partial charge in [0, 0.05) is 51.3 Å². The quantitative estimate of drug-likeness (QED) is 0.345. The highest BCUT2D eigenvalue weighted by Gasteiger charge is 2.22. The second-order valence-corrected chi connectivity index (χ2v) is 9.72. The monoisotopic (exact) mass is 543 g/mol. The largest absolute Gasteiger partial charge is 0.453 e. The van der Waals surface area contributed by atoms with Gasteiger partial charge in [0.2, 0.25) is 16.0 Å². The number of halogens is 2. The van der Waals surface area contributed by atoms with Crippen LogP contribution in [-0.4, -0.2) is 60.1 Å². The summed E-state index contributed by atoms with van der Waals surface area (Å²) in [6.07, 6.45) is -0.904. The van der Waals surface area contributed by atoms with Gasteiger partial charge in [0.05, 0.1) is 24.7 Å². The smallest absolute Gasteiger partial charge is 0.407 e. The van der Waals surface area contributed by atoms with E-state index < -0.39 is 33.8 Å². The van der Waals surface area contributed by atoms with Gasteiger partial charge >= 0.3 is 6.09 Å². The standard InChI is InChI=1S/C22H27ClFN7O4S/c1-12(2)31-11-16(17-6-7-25-21(28-17)26-10-13(3)27-22(32)35-4)20(29-31)15-8-14(23)9-18(19(15)24)30-36(5,33)34/h6-9,11-13,30H,10H2,1-5H3,(H,27,32)(H,25,26,28)/t13-/m0/s1/i5+1D3. The minimum atomic E-state index is -4.93. The number of nitrogens with zero attached hydrogens (tertiary/aromatic N) is 4. The number of benzene rings is 1. The number of aromatic nitrogens is 4. The summed E-state index contributed by atoms with van der Waals surface area (Å²) in [7, 11) is -3.67. The van der Waals surface area contributed by atoms with Crippen molar-refractivity contribution in [1.82, 2.24) is 25.1 Å². The first-order valence-electron chi connectivity index (χ1n) is 12.2. The van der Waals surface area contributed by atoms with Crippen LogP contribution in [0.5, 0.6) is 0 Å². The average molecular weight is 544 g/mol. The zero-order chi connectivity index (χ0) is 29.1. The van der Waals surface area contributed by atoms with Crippen LogP contribution in [0.25, 0.3) is 22.5 Å². The third kappa shape index (κ3) is 6.82. The SMILES string of the molecule is [2H][13C]([2H])([2H])S(=O)(=O)Nc1cc(Cl)cc(-c2nn(C(C)C)cc2-c2ccnc(NC[C@H](C)NC(=O)OC)n2)c1F. The number of amides is 1. The molecule has 36 heavy (non-hydrogen) atoms. The summed E-state index contributed by atoms with van der Waals surface area (Å²) in [6, 6.07) is 3.34. The fourth-order valence-electron chi connectivity index (χ4n) is 3.17. The molecule has 0 fully saturated rings. The predicted octanol–water partition coefficient (Wildman–Crippen LogP) is 3.91. The zero-order valence-corrected chi connectivity index (χ0v) is 21.4. The van der Waals surface area contributed by atoms with E-state index in [2.05, 4.69) is 30.4 Å². The summed E-state index contributed by atoms with van der Waals surface area (Å²) in [6.45, 7) is 5.73. The molecular weight excluding hydrogens is 514 g/mol. The Bertz CT molecular complexity index is 1470. The highest BCUT2D eigenvalue weighted by molar-refractivity contribution is 7.92. The average Bonchev–Trinajstić information content (AvgIpc) is 3.30. The van der Waals surface area contributed by atoms with Crippen LogP contribution in [-0.2, 0) is 14.8 Å². The van der Waals surface area contributed by atoms with Crippen molar-refractivity contribution in [1.29, 1.82) is 0 Å². The number of carbonyl (C=O) groups excluding carboxylic acids is 1. The maximum atomic E-state index is 15.7. The predicted molar refractivity (Wildman–Crippen MR) is 136 cm³/mol. The van der Waals surface area contributed by atoms with Crippen molar-refractivity contribution in [2.24, 2.45) is 0 Å². The van der Waals surface area contributed by atoms with Gasteiger partial charge in [0.25, 0.3) is 0 Å². The Morgan fingerprint density at radius 2 is 2.06 bits per heavy atom. The molecule has 3 rings (SSSR count). The van der Waals surface area contributed by atoms with Gasteiger partial charge in [0.1, 0.15) is 5.69 Å². The van der Waals surface area contributed by atoms with Crippen molar-refractivity contribution >= 4 is 39.4 Å². The normalized spacial score (nSPS) is 13.9. The number of alkyl carbamates (subject to hydrolysis) is 1. The van der Waals surface area contributed by atoms with Crippen molar-refractivity contribution in [3.8, 4) is 22.5 Å². The summed E-state index contributed by atoms with van der Waals surface area (Å²) < 4.78 is 69.6. The zero-order valence-electron chi connectivity index (χ0n) is 22.8. The van der Waals surface area contributed by atoms with Gasteiger partial charge in [-0.1, -0.05) is 11.6 Å². The molecule has 1 aromatic carbocycles. The van der Waals surface area contributed by atoms with Crippen molar-refractivity contribution < 1.29 is 26.5 Å². The van der Waals surface area contributed by atoms with Gasteiger partial charge < -0.3 is 15.4 Å². The number of hydrogen-bond acceptors (Lipinski definition) is 8. The highest BCUT2D eigenvalue weighted by Crippen LogP contribution is 2.37. The number of methoxy groups -OCH3 is 1. The maximum absolute atomic E-state index is 15.7. The summed E-state index contributed by atoms with van der Waals surface area (Å²) in [5.74, 6) is -0.857. The van der Waals surface area contributed by atoms with E-state index in [1.54, 1.807) is 28.6 Å². The Balaban J connectivity index is 2.05. The van der Waals surface area contributed by atoms with E-state index in [9.17, 15) is 13.2 Å². The molecule has 11 nitrogen and oxygen atoms in total. The maximum Gasteiger partial charge on any atom is 0.407 e. The number of anilines is 2. The van der Waals surface area contributed by atoms with E-state index in [0.29, 0.717) is 11.3 Å². The highest BCUT2D eigenvalue weighted by atomic mass is 35.5. The van der Waals surface area contributed by atoms with E-state index in [0.717, 1.165) is 6.07 Å². The molecule has 0 spiro atoms. The summed E-state index contributed by atoms with van der Waals surface area (Å²) in [5, 5.41) is 10.0. The molecule has 0 bridgehead atoms. The lowest BCUT2D eigenvalue weighted by atomic mass is 10.0. The molecule has 0 unspecified atom stereocenters. The fourth-order valence-corrected chi connectivity index (χ4v) is 3.83. The molecule has 3 N–H and O–H groups in total. The van der Waals surface area contributed by atoms with Gasteiger partial charge in [-0.2, -0.15) is 5.10 Å². The Labute approximate surface area is 217 Å². The molecule has 0 aliphatic rings. The van der Waals surface area contributed by atoms with Crippen LogP contribution in [0.3, 0.4) is 0 Å². The molecule has 2 heterocycles. The molecule has 0 radical (unpaired) electrons. The van der Waals surface area contributed by atoms with Crippen LogP contribution < -0.4 is 15.4 Å². The number of ether oxygens (including phenoxy) is 1. The first-order chi connectivity index (χ1) is 18.1. The van der Waals surface area contributed by atoms with Gasteiger partial charge in [0.15, 0.2) is 5.82 Å². The lowest BCUT2D eigenvalue weighted by molar-refractivity contribution is 0.168. The van der Waals surface area contributed by atoms with Crippen LogP contribution in [0.4, 0.5) is 20.8 Å². The molecule has 1 atom stereocenters. The van der Waals surface area contributed by atoms with Crippen molar-refractivity contribution in [2.75, 3.05) is 29.9 Å². The van der Waals surface area contributed by atoms with Crippen LogP contribution in [0, 0.1) is 5.82 Å². The number of rotatable bonds is 9. The van der Waals surface area contributed by atoms with Crippen LogP contribution in [0.1, 0.15) is 30.9 Å². The van der Waals surface area contributed by atoms with Gasteiger partial charge in [-0.15, -0.1) is 0 Å². The second-order valence-electron chi connectivity index (χ2n) is 8.07. The fraction of sp³-hybridized carbons (Fsp3) is 0.364. The van der Waals surface area contributed by atoms with E-state index in [1.807, 2.05) is 13.8 Å². The number of nitrogens with one attached hydrogen (secondary N) is 3. The Morgan fingerprint density at radius 1 is 1.31 bits per heavy atom. The summed E-state index contributed by atoms with van der Waals surface area (Å²) in [5.41, 5.74) is -0.00367. The first-order valence-corrected chi connectivity index (χ1v) is 12.5. The van der Waals surface area contributed by atoms with Gasteiger partial charge in [-0.3, -0.25) is 9.40 Å². The van der Waals surface area contributed by atoms with Crippen molar-refractivity contribution in [2.45, 2.75) is 32.9 Å². The third-order valence-corrected chi connectivity index (χ3v) is 5.55. The van der Waals surface area contributed by atoms with Crippen molar-refractivity contribution in [3.63, 3.8) is 0 Å². The van der Waals surface area contributed by atoms with E-state index in [4.69, 9.17) is 15.7 Å². The van der Waals surface area contributed by atoms with Crippen molar-refractivity contribution in [3.05, 3.63) is 41.4 Å². The van der Waals surface area contributed by atoms with Gasteiger partial charge in [-0.25, -0.2) is 27.6 Å². The molecule has 1 amide bonds. The molecule has 0 saturated carbocycles. The Morgan fingerprint density at radius 3 is 2.72 bits per heavy atom. The summed E-state index contributed by atoms with van der Waals surface area (Å²) >= 11 is 6.17. The van der Waals surface area contributed by atoms with Crippen LogP contribution in [0.15, 0.2) is 30.6 Å². The minimum absolute atomic E-state index is 0.0585. The van der Waals surface area contributed by atoms with E-state index in [-0.39, 0.29) is 40.9 Å². The minimum Gasteiger partial charge on any atom is -0.453 e. The third-order valence-electron chi connectivity index (χ3n) is 4.85. The van der Waals surface area contributed by atoms with Crippen LogP contribution >= 0.6 is 11.6 Å². The number of sulfonamides is 1. The molecule has 2 aromatic heterocycles. The molecule has 14 heteroatoms. The molecule has 0 aliphatic heterocycles. The number of hydrogen-bond donors (Lipinski definition) is 3. The lowest BCUT2D eigenvalue weighted by Gasteiger charge is -2.14. The molecule has 194 valence electrons. The van der Waals surface area contributed by atoms with Crippen LogP contribution in [0.2, 0.25) is 5.02 Å². The topological polar surface area (TPSA) is 140 Å².